The summed E-state index contributed by atoms with van der Waals surface area (Å²) in [5, 5.41) is 12.5. The van der Waals surface area contributed by atoms with Crippen LogP contribution in [-0.2, 0) is 4.79 Å². The standard InChI is InChI=1S/C20H21N3O3/c1-22-9-8-19(25)21-16-10-13(6-7-18(16)22)20(26)23-11-14(12-24)15-4-2-3-5-17(15)23/h2-7,10,14,24H,8-9,11-12H2,1H3,(H,21,25). The van der Waals surface area contributed by atoms with Crippen LogP contribution in [0.4, 0.5) is 17.1 Å². The maximum atomic E-state index is 13.1. The first-order valence-electron chi connectivity index (χ1n) is 8.75. The fourth-order valence-corrected chi connectivity index (χ4v) is 3.70. The minimum Gasteiger partial charge on any atom is -0.396 e. The number of benzene rings is 2. The molecule has 2 N–H and O–H groups in total. The third-order valence-electron chi connectivity index (χ3n) is 5.14. The Labute approximate surface area is 152 Å². The van der Waals surface area contributed by atoms with Gasteiger partial charge in [0, 0.05) is 43.7 Å². The number of hydrogen-bond acceptors (Lipinski definition) is 4. The smallest absolute Gasteiger partial charge is 0.258 e. The van der Waals surface area contributed by atoms with Gasteiger partial charge in [0.1, 0.15) is 0 Å². The minimum atomic E-state index is -0.127. The number of anilines is 3. The zero-order chi connectivity index (χ0) is 18.3. The molecule has 2 amide bonds. The van der Waals surface area contributed by atoms with Crippen molar-refractivity contribution in [3.63, 3.8) is 0 Å². The minimum absolute atomic E-state index is 0.00579. The molecule has 6 heteroatoms. The Morgan fingerprint density at radius 3 is 2.85 bits per heavy atom. The average molecular weight is 351 g/mol. The van der Waals surface area contributed by atoms with E-state index in [4.69, 9.17) is 0 Å². The molecule has 0 spiro atoms. The molecule has 4 rings (SSSR count). The van der Waals surface area contributed by atoms with Gasteiger partial charge in [-0.1, -0.05) is 18.2 Å². The van der Waals surface area contributed by atoms with Crippen LogP contribution in [0.15, 0.2) is 42.5 Å². The van der Waals surface area contributed by atoms with Gasteiger partial charge < -0.3 is 20.2 Å². The van der Waals surface area contributed by atoms with E-state index in [1.54, 1.807) is 17.0 Å². The number of hydrogen-bond donors (Lipinski definition) is 2. The van der Waals surface area contributed by atoms with Crippen LogP contribution in [0.1, 0.15) is 28.3 Å². The van der Waals surface area contributed by atoms with Crippen molar-refractivity contribution in [2.24, 2.45) is 0 Å². The molecule has 2 aromatic rings. The number of fused-ring (bicyclic) bond motifs is 2. The van der Waals surface area contributed by atoms with Gasteiger partial charge in [-0.05, 0) is 29.8 Å². The SMILES string of the molecule is CN1CCC(=O)Nc2cc(C(=O)N3CC(CO)c4ccccc43)ccc21. The molecule has 0 aromatic heterocycles. The summed E-state index contributed by atoms with van der Waals surface area (Å²) >= 11 is 0. The maximum absolute atomic E-state index is 13.1. The van der Waals surface area contributed by atoms with Gasteiger partial charge in [-0.2, -0.15) is 0 Å². The molecule has 134 valence electrons. The summed E-state index contributed by atoms with van der Waals surface area (Å²) in [7, 11) is 1.93. The zero-order valence-electron chi connectivity index (χ0n) is 14.6. The second-order valence-corrected chi connectivity index (χ2v) is 6.81. The number of aliphatic hydroxyl groups excluding tert-OH is 1. The molecule has 0 saturated carbocycles. The van der Waals surface area contributed by atoms with Crippen LogP contribution in [0.25, 0.3) is 0 Å². The number of amides is 2. The Bertz CT molecular complexity index is 880. The molecule has 2 aliphatic heterocycles. The molecular formula is C20H21N3O3. The van der Waals surface area contributed by atoms with Crippen LogP contribution in [0.5, 0.6) is 0 Å². The van der Waals surface area contributed by atoms with Crippen LogP contribution in [0.2, 0.25) is 0 Å². The number of carbonyl (C=O) groups excluding carboxylic acids is 2. The molecule has 2 aliphatic rings. The van der Waals surface area contributed by atoms with Gasteiger partial charge >= 0.3 is 0 Å². The maximum Gasteiger partial charge on any atom is 0.258 e. The molecule has 0 saturated heterocycles. The molecule has 1 atom stereocenters. The van der Waals surface area contributed by atoms with E-state index >= 15 is 0 Å². The summed E-state index contributed by atoms with van der Waals surface area (Å²) in [4.78, 5) is 28.8. The summed E-state index contributed by atoms with van der Waals surface area (Å²) in [5.41, 5.74) is 3.92. The highest BCUT2D eigenvalue weighted by atomic mass is 16.3. The first-order chi connectivity index (χ1) is 12.6. The summed E-state index contributed by atoms with van der Waals surface area (Å²) in [6.07, 6.45) is 0.423. The number of nitrogens with zero attached hydrogens (tertiary/aromatic N) is 2. The van der Waals surface area contributed by atoms with Gasteiger partial charge in [-0.15, -0.1) is 0 Å². The highest BCUT2D eigenvalue weighted by Crippen LogP contribution is 2.37. The third kappa shape index (κ3) is 2.72. The Morgan fingerprint density at radius 2 is 2.04 bits per heavy atom. The Hall–Kier alpha value is -2.86. The van der Waals surface area contributed by atoms with Crippen molar-refractivity contribution in [3.8, 4) is 0 Å². The van der Waals surface area contributed by atoms with Crippen LogP contribution in [0.3, 0.4) is 0 Å². The molecule has 1 unspecified atom stereocenters. The van der Waals surface area contributed by atoms with Crippen molar-refractivity contribution in [2.45, 2.75) is 12.3 Å². The van der Waals surface area contributed by atoms with E-state index in [2.05, 4.69) is 5.32 Å². The predicted octanol–water partition coefficient (Wildman–Crippen LogP) is 2.20. The Morgan fingerprint density at radius 1 is 1.23 bits per heavy atom. The van der Waals surface area contributed by atoms with Crippen LogP contribution in [-0.4, -0.2) is 43.7 Å². The molecule has 0 fully saturated rings. The van der Waals surface area contributed by atoms with Crippen molar-refractivity contribution in [3.05, 3.63) is 53.6 Å². The summed E-state index contributed by atoms with van der Waals surface area (Å²) in [6.45, 7) is 1.10. The molecule has 0 radical (unpaired) electrons. The lowest BCUT2D eigenvalue weighted by molar-refractivity contribution is -0.115. The van der Waals surface area contributed by atoms with E-state index in [1.165, 1.54) is 0 Å². The van der Waals surface area contributed by atoms with Gasteiger partial charge in [0.05, 0.1) is 18.0 Å². The molecule has 0 aliphatic carbocycles. The number of rotatable bonds is 2. The largest absolute Gasteiger partial charge is 0.396 e. The van der Waals surface area contributed by atoms with Crippen LogP contribution >= 0.6 is 0 Å². The van der Waals surface area contributed by atoms with Crippen molar-refractivity contribution in [1.82, 2.24) is 0 Å². The second kappa shape index (κ2) is 6.46. The molecule has 0 bridgehead atoms. The first kappa shape index (κ1) is 16.6. The van der Waals surface area contributed by atoms with E-state index in [1.807, 2.05) is 42.3 Å². The lowest BCUT2D eigenvalue weighted by Crippen LogP contribution is -2.30. The number of para-hydroxylation sites is 1. The normalized spacial score (nSPS) is 18.8. The van der Waals surface area contributed by atoms with E-state index in [-0.39, 0.29) is 24.3 Å². The third-order valence-corrected chi connectivity index (χ3v) is 5.14. The van der Waals surface area contributed by atoms with Gasteiger partial charge in [-0.3, -0.25) is 9.59 Å². The van der Waals surface area contributed by atoms with Crippen molar-refractivity contribution in [1.29, 1.82) is 0 Å². The topological polar surface area (TPSA) is 72.9 Å². The van der Waals surface area contributed by atoms with Crippen LogP contribution < -0.4 is 15.1 Å². The lowest BCUT2D eigenvalue weighted by Gasteiger charge is -2.21. The molecule has 26 heavy (non-hydrogen) atoms. The summed E-state index contributed by atoms with van der Waals surface area (Å²) in [5.74, 6) is -0.244. The van der Waals surface area contributed by atoms with Crippen molar-refractivity contribution >= 4 is 28.9 Å². The predicted molar refractivity (Wildman–Crippen MR) is 101 cm³/mol. The Balaban J connectivity index is 1.69. The van der Waals surface area contributed by atoms with Gasteiger partial charge in [-0.25, -0.2) is 0 Å². The first-order valence-corrected chi connectivity index (χ1v) is 8.75. The number of nitrogens with one attached hydrogen (secondary N) is 1. The Kier molecular flexibility index (Phi) is 4.12. The molecule has 6 nitrogen and oxygen atoms in total. The summed E-state index contributed by atoms with van der Waals surface area (Å²) < 4.78 is 0. The molecular weight excluding hydrogens is 330 g/mol. The second-order valence-electron chi connectivity index (χ2n) is 6.81. The monoisotopic (exact) mass is 351 g/mol. The van der Waals surface area contributed by atoms with Gasteiger partial charge in [0.25, 0.3) is 5.91 Å². The number of carbonyl (C=O) groups is 2. The van der Waals surface area contributed by atoms with Crippen molar-refractivity contribution in [2.75, 3.05) is 41.9 Å². The molecule has 2 aromatic carbocycles. The quantitative estimate of drug-likeness (QED) is 0.870. The molecule has 2 heterocycles. The van der Waals surface area contributed by atoms with Gasteiger partial charge in [0.2, 0.25) is 5.91 Å². The highest BCUT2D eigenvalue weighted by molar-refractivity contribution is 6.09. The lowest BCUT2D eigenvalue weighted by atomic mass is 10.0. The van der Waals surface area contributed by atoms with E-state index in [9.17, 15) is 14.7 Å². The van der Waals surface area contributed by atoms with Gasteiger partial charge in [0.15, 0.2) is 0 Å². The number of aliphatic hydroxyl groups is 1. The van der Waals surface area contributed by atoms with E-state index < -0.39 is 0 Å². The fraction of sp³-hybridized carbons (Fsp3) is 0.300. The van der Waals surface area contributed by atoms with E-state index in [0.717, 1.165) is 16.9 Å². The highest BCUT2D eigenvalue weighted by Gasteiger charge is 2.32. The van der Waals surface area contributed by atoms with Crippen molar-refractivity contribution < 1.29 is 14.7 Å². The van der Waals surface area contributed by atoms with E-state index in [0.29, 0.717) is 30.8 Å². The van der Waals surface area contributed by atoms with Crippen LogP contribution in [0, 0.1) is 0 Å². The fourth-order valence-electron chi connectivity index (χ4n) is 3.70. The zero-order valence-corrected chi connectivity index (χ0v) is 14.6. The average Bonchev–Trinajstić information content (AvgIpc) is 2.97. The summed E-state index contributed by atoms with van der Waals surface area (Å²) in [6, 6.07) is 13.1.